The highest BCUT2D eigenvalue weighted by atomic mass is 32.1. The van der Waals surface area contributed by atoms with Crippen molar-refractivity contribution >= 4 is 34.3 Å². The van der Waals surface area contributed by atoms with Crippen LogP contribution in [0, 0.1) is 13.8 Å². The lowest BCUT2D eigenvalue weighted by molar-refractivity contribution is 1.12. The molecule has 0 radical (unpaired) electrons. The van der Waals surface area contributed by atoms with Crippen molar-refractivity contribution < 1.29 is 0 Å². The van der Waals surface area contributed by atoms with Gasteiger partial charge in [-0.2, -0.15) is 0 Å². The molecule has 1 aliphatic rings. The van der Waals surface area contributed by atoms with Crippen molar-refractivity contribution in [1.82, 2.24) is 9.97 Å². The lowest BCUT2D eigenvalue weighted by Gasteiger charge is -1.90. The highest BCUT2D eigenvalue weighted by molar-refractivity contribution is 7.13. The summed E-state index contributed by atoms with van der Waals surface area (Å²) in [6, 6.07) is 0. The summed E-state index contributed by atoms with van der Waals surface area (Å²) in [6.45, 7) is 3.99. The normalized spacial score (nSPS) is 13.5. The van der Waals surface area contributed by atoms with Crippen molar-refractivity contribution in [2.75, 3.05) is 0 Å². The molecule has 0 atom stereocenters. The van der Waals surface area contributed by atoms with Gasteiger partial charge in [0.25, 0.3) is 0 Å². The zero-order chi connectivity index (χ0) is 10.4. The Bertz CT molecular complexity index is 504. The number of aryl methyl sites for hydroxylation is 2. The van der Waals surface area contributed by atoms with Gasteiger partial charge in [-0.1, -0.05) is 0 Å². The summed E-state index contributed by atoms with van der Waals surface area (Å²) in [5.41, 5.74) is 0. The van der Waals surface area contributed by atoms with Crippen LogP contribution in [-0.2, 0) is 6.42 Å². The van der Waals surface area contributed by atoms with E-state index in [2.05, 4.69) is 20.2 Å². The fraction of sp³-hybridized carbons (Fsp3) is 0.333. The van der Waals surface area contributed by atoms with E-state index in [9.17, 15) is 0 Å². The first-order valence-corrected chi connectivity index (χ1v) is 6.20. The van der Waals surface area contributed by atoms with Crippen molar-refractivity contribution in [3.8, 4) is 0 Å². The van der Waals surface area contributed by atoms with E-state index in [-0.39, 0.29) is 0 Å². The molecule has 2 aromatic heterocycles. The van der Waals surface area contributed by atoms with E-state index in [0.29, 0.717) is 0 Å². The Morgan fingerprint density at radius 2 is 1.33 bits per heavy atom. The fourth-order valence-corrected chi connectivity index (χ4v) is 3.40. The molecule has 76 valence electrons. The molecule has 4 nitrogen and oxygen atoms in total. The smallest absolute Gasteiger partial charge is 0.189 e. The molecule has 0 spiro atoms. The minimum absolute atomic E-state index is 0.764. The summed E-state index contributed by atoms with van der Waals surface area (Å²) in [6.07, 6.45) is 0.870. The zero-order valence-corrected chi connectivity index (χ0v) is 9.95. The monoisotopic (exact) mass is 236 g/mol. The molecule has 3 heterocycles. The maximum absolute atomic E-state index is 4.33. The van der Waals surface area contributed by atoms with Gasteiger partial charge in [0.05, 0.1) is 19.8 Å². The predicted molar refractivity (Wildman–Crippen MR) is 60.7 cm³/mol. The van der Waals surface area contributed by atoms with Crippen LogP contribution in [0.4, 0.5) is 11.6 Å². The minimum Gasteiger partial charge on any atom is -0.221 e. The largest absolute Gasteiger partial charge is 0.221 e. The van der Waals surface area contributed by atoms with Gasteiger partial charge >= 0.3 is 0 Å². The van der Waals surface area contributed by atoms with E-state index in [4.69, 9.17) is 0 Å². The molecular weight excluding hydrogens is 228 g/mol. The summed E-state index contributed by atoms with van der Waals surface area (Å²) in [4.78, 5) is 11.0. The number of nitrogens with zero attached hydrogens (tertiary/aromatic N) is 4. The molecule has 3 rings (SSSR count). The van der Waals surface area contributed by atoms with E-state index < -0.39 is 0 Å². The average molecular weight is 236 g/mol. The summed E-state index contributed by atoms with van der Waals surface area (Å²) in [7, 11) is 0. The van der Waals surface area contributed by atoms with Crippen LogP contribution in [0.25, 0.3) is 0 Å². The van der Waals surface area contributed by atoms with Crippen LogP contribution in [-0.4, -0.2) is 9.97 Å². The molecule has 0 bridgehead atoms. The highest BCUT2D eigenvalue weighted by Gasteiger charge is 2.18. The Hall–Kier alpha value is -1.14. The van der Waals surface area contributed by atoms with Crippen molar-refractivity contribution in [1.29, 1.82) is 0 Å². The van der Waals surface area contributed by atoms with Gasteiger partial charge in [-0.25, -0.2) is 9.97 Å². The van der Waals surface area contributed by atoms with Gasteiger partial charge in [-0.3, -0.25) is 0 Å². The van der Waals surface area contributed by atoms with Crippen LogP contribution in [0.15, 0.2) is 10.2 Å². The molecule has 0 aliphatic carbocycles. The average Bonchev–Trinajstić information content (AvgIpc) is 2.65. The summed E-state index contributed by atoms with van der Waals surface area (Å²) in [5.74, 6) is 1.53. The first-order chi connectivity index (χ1) is 7.22. The Kier molecular flexibility index (Phi) is 1.93. The van der Waals surface area contributed by atoms with Gasteiger partial charge in [0, 0.05) is 6.42 Å². The van der Waals surface area contributed by atoms with Crippen molar-refractivity contribution in [3.05, 3.63) is 19.8 Å². The third kappa shape index (κ3) is 1.49. The number of azo groups is 1. The van der Waals surface area contributed by atoms with Gasteiger partial charge in [0.15, 0.2) is 11.6 Å². The first-order valence-electron chi connectivity index (χ1n) is 4.57. The summed E-state index contributed by atoms with van der Waals surface area (Å²) < 4.78 is 0. The molecule has 0 unspecified atom stereocenters. The highest BCUT2D eigenvalue weighted by Crippen LogP contribution is 2.37. The van der Waals surface area contributed by atoms with Crippen molar-refractivity contribution in [3.63, 3.8) is 0 Å². The standard InChI is InChI=1S/C9H8N4S2/c1-4-10-8-6(14-4)3-7-9(13-12-8)11-5(2)15-7/h3H2,1-2H3. The van der Waals surface area contributed by atoms with Crippen LogP contribution in [0.2, 0.25) is 0 Å². The number of thiazole rings is 2. The quantitative estimate of drug-likeness (QED) is 0.599. The van der Waals surface area contributed by atoms with Crippen molar-refractivity contribution in [2.45, 2.75) is 20.3 Å². The van der Waals surface area contributed by atoms with E-state index in [1.165, 1.54) is 9.75 Å². The Labute approximate surface area is 94.7 Å². The maximum Gasteiger partial charge on any atom is 0.189 e. The molecule has 1 aliphatic heterocycles. The van der Waals surface area contributed by atoms with Crippen molar-refractivity contribution in [2.24, 2.45) is 10.2 Å². The van der Waals surface area contributed by atoms with E-state index in [1.807, 2.05) is 13.8 Å². The lowest BCUT2D eigenvalue weighted by atomic mass is 10.3. The lowest BCUT2D eigenvalue weighted by Crippen LogP contribution is -1.78. The molecule has 0 amide bonds. The van der Waals surface area contributed by atoms with Gasteiger partial charge in [0.2, 0.25) is 0 Å². The second-order valence-electron chi connectivity index (χ2n) is 3.34. The molecule has 0 saturated carbocycles. The number of hydrogen-bond donors (Lipinski definition) is 0. The molecular formula is C9H8N4S2. The number of hydrogen-bond acceptors (Lipinski definition) is 6. The van der Waals surface area contributed by atoms with Gasteiger partial charge < -0.3 is 0 Å². The fourth-order valence-electron chi connectivity index (χ4n) is 1.54. The van der Waals surface area contributed by atoms with E-state index in [0.717, 1.165) is 28.1 Å². The van der Waals surface area contributed by atoms with Gasteiger partial charge in [-0.15, -0.1) is 32.9 Å². The third-order valence-electron chi connectivity index (χ3n) is 2.13. The van der Waals surface area contributed by atoms with Gasteiger partial charge in [-0.05, 0) is 13.8 Å². The summed E-state index contributed by atoms with van der Waals surface area (Å²) >= 11 is 3.38. The number of fused-ring (bicyclic) bond motifs is 2. The second kappa shape index (κ2) is 3.18. The number of aromatic nitrogens is 2. The molecule has 6 heteroatoms. The Balaban J connectivity index is 2.15. The molecule has 0 aromatic carbocycles. The van der Waals surface area contributed by atoms with Crippen LogP contribution >= 0.6 is 22.7 Å². The molecule has 0 fully saturated rings. The molecule has 0 N–H and O–H groups in total. The topological polar surface area (TPSA) is 50.5 Å². The molecule has 15 heavy (non-hydrogen) atoms. The third-order valence-corrected chi connectivity index (χ3v) is 4.05. The Morgan fingerprint density at radius 3 is 1.80 bits per heavy atom. The molecule has 2 aromatic rings. The van der Waals surface area contributed by atoms with E-state index >= 15 is 0 Å². The van der Waals surface area contributed by atoms with Crippen LogP contribution in [0.1, 0.15) is 19.8 Å². The van der Waals surface area contributed by atoms with Gasteiger partial charge in [0.1, 0.15) is 0 Å². The SMILES string of the molecule is Cc1nc2c(s1)Cc1sc(C)nc1N=N2. The molecule has 0 saturated heterocycles. The second-order valence-corrected chi connectivity index (χ2v) is 5.91. The van der Waals surface area contributed by atoms with Crippen LogP contribution in [0.5, 0.6) is 0 Å². The van der Waals surface area contributed by atoms with Crippen LogP contribution < -0.4 is 0 Å². The summed E-state index contributed by atoms with van der Waals surface area (Å²) in [5, 5.41) is 10.4. The maximum atomic E-state index is 4.33. The predicted octanol–water partition coefficient (Wildman–Crippen LogP) is 3.54. The minimum atomic E-state index is 0.764. The van der Waals surface area contributed by atoms with E-state index in [1.54, 1.807) is 22.7 Å². The first kappa shape index (κ1) is 9.11. The van der Waals surface area contributed by atoms with Crippen LogP contribution in [0.3, 0.4) is 0 Å². The Morgan fingerprint density at radius 1 is 0.867 bits per heavy atom. The number of rotatable bonds is 0. The zero-order valence-electron chi connectivity index (χ0n) is 8.31.